The topological polar surface area (TPSA) is 47.0 Å². The third kappa shape index (κ3) is 20.7. The first kappa shape index (κ1) is 84.4. The quantitative estimate of drug-likeness (QED) is 0.0805. The molecule has 1 aromatic heterocycles. The van der Waals surface area contributed by atoms with Crippen LogP contribution in [0, 0.1) is 36.5 Å². The van der Waals surface area contributed by atoms with Gasteiger partial charge in [0.2, 0.25) is 0 Å². The summed E-state index contributed by atoms with van der Waals surface area (Å²) in [5.41, 5.74) is 29.7. The van der Waals surface area contributed by atoms with E-state index in [1.807, 2.05) is 36.4 Å². The lowest BCUT2D eigenvalue weighted by atomic mass is 9.71. The van der Waals surface area contributed by atoms with E-state index in [1.54, 1.807) is 5.57 Å². The van der Waals surface area contributed by atoms with Crippen LogP contribution in [-0.4, -0.2) is 16.6 Å². The van der Waals surface area contributed by atoms with Gasteiger partial charge < -0.3 is 0 Å². The van der Waals surface area contributed by atoms with Gasteiger partial charge in [0.15, 0.2) is 11.6 Å². The molecular weight excluding hydrogens is 1360 g/mol. The van der Waals surface area contributed by atoms with Crippen molar-refractivity contribution in [2.45, 2.75) is 280 Å². The number of Topliss-reactive ketones (excluding diaryl/α,β-unsaturated/α-hetero) is 1. The number of hydrogen-bond acceptors (Lipinski definition) is 3. The first-order valence-corrected chi connectivity index (χ1v) is 43.5. The second-order valence-electron chi connectivity index (χ2n) is 37.1. The number of ketones is 2. The van der Waals surface area contributed by atoms with Crippen LogP contribution in [0.3, 0.4) is 0 Å². The molecule has 0 N–H and O–H groups in total. The Kier molecular flexibility index (Phi) is 29.0. The monoisotopic (exact) mass is 1490 g/mol. The average molecular weight is 1490 g/mol. The van der Waals surface area contributed by atoms with Crippen molar-refractivity contribution < 1.29 is 9.59 Å². The lowest BCUT2D eigenvalue weighted by Crippen LogP contribution is -2.21. The fourth-order valence-electron chi connectivity index (χ4n) is 19.4. The molecule has 0 saturated heterocycles. The molecule has 8 aromatic rings. The third-order valence-corrected chi connectivity index (χ3v) is 26.4. The number of aromatic nitrogens is 1. The van der Waals surface area contributed by atoms with Gasteiger partial charge in [-0.3, -0.25) is 14.6 Å². The van der Waals surface area contributed by atoms with Gasteiger partial charge in [-0.15, -0.1) is 0 Å². The predicted octanol–water partition coefficient (Wildman–Crippen LogP) is 30.8. The summed E-state index contributed by atoms with van der Waals surface area (Å²) in [7, 11) is 0. The Labute approximate surface area is 678 Å². The van der Waals surface area contributed by atoms with Crippen molar-refractivity contribution in [3.05, 3.63) is 336 Å². The van der Waals surface area contributed by atoms with Gasteiger partial charge in [-0.2, -0.15) is 0 Å². The molecule has 14 rings (SSSR count). The SMILES string of the molecule is C=C(C1=C(C)CC(C2CCCC(c3ccccc3)C2)=C1)c1ccccc1C(C)C.C=C(c1ccccc1C(C)C)c1nc(C2CCC(C)C(c3ccccc3)C2)ccc1C.CC1=C(C(=O)c2ccccc2C(C)C)C=C(C2CCC(C)CC2)C1.CC1CCC(c2ccc(C(C)(C)C)c(C(=O)c3ccccc3C(C)C)c2)CC1. The van der Waals surface area contributed by atoms with E-state index in [0.717, 1.165) is 86.7 Å². The summed E-state index contributed by atoms with van der Waals surface area (Å²) in [6.07, 6.45) is 26.2. The number of carbonyl (C=O) groups is 2. The molecule has 6 aliphatic carbocycles. The zero-order chi connectivity index (χ0) is 80.1. The minimum atomic E-state index is -0.0582. The molecule has 7 aromatic carbocycles. The Morgan fingerprint density at radius 3 is 1.37 bits per heavy atom. The Balaban J connectivity index is 0.000000148. The van der Waals surface area contributed by atoms with E-state index < -0.39 is 0 Å². The molecule has 588 valence electrons. The second kappa shape index (κ2) is 38.5. The summed E-state index contributed by atoms with van der Waals surface area (Å²) in [6.45, 7) is 47.1. The van der Waals surface area contributed by atoms with Crippen molar-refractivity contribution in [3.63, 3.8) is 0 Å². The molecular formula is C109H135NO2. The predicted molar refractivity (Wildman–Crippen MR) is 480 cm³/mol. The number of carbonyl (C=O) groups excluding carboxylic acids is 2. The minimum absolute atomic E-state index is 0.0582. The largest absolute Gasteiger partial charge is 0.289 e. The molecule has 3 nitrogen and oxygen atoms in total. The number of allylic oxidation sites excluding steroid dienone is 9. The van der Waals surface area contributed by atoms with Gasteiger partial charge in [-0.1, -0.05) is 353 Å². The fraction of sp³-hybridized carbons (Fsp3) is 0.440. The average Bonchev–Trinajstić information content (AvgIpc) is 1.16. The normalized spacial score (nSPS) is 22.0. The van der Waals surface area contributed by atoms with E-state index in [-0.39, 0.29) is 17.0 Å². The maximum atomic E-state index is 13.7. The van der Waals surface area contributed by atoms with Crippen LogP contribution in [0.4, 0.5) is 0 Å². The Bertz CT molecular complexity index is 4690. The van der Waals surface area contributed by atoms with Crippen LogP contribution >= 0.6 is 0 Å². The maximum Gasteiger partial charge on any atom is 0.193 e. The molecule has 3 heteroatoms. The highest BCUT2D eigenvalue weighted by atomic mass is 16.1. The van der Waals surface area contributed by atoms with Crippen molar-refractivity contribution in [1.82, 2.24) is 4.98 Å². The van der Waals surface area contributed by atoms with Gasteiger partial charge in [-0.25, -0.2) is 0 Å². The summed E-state index contributed by atoms with van der Waals surface area (Å²) in [5, 5.41) is 0. The van der Waals surface area contributed by atoms with Crippen LogP contribution in [0.15, 0.2) is 247 Å². The number of hydrogen-bond donors (Lipinski definition) is 0. The number of rotatable bonds is 18. The highest BCUT2D eigenvalue weighted by Crippen LogP contribution is 2.49. The number of aryl methyl sites for hydroxylation is 1. The number of pyridine rings is 1. The first-order valence-electron chi connectivity index (χ1n) is 43.5. The molecule has 0 bridgehead atoms. The van der Waals surface area contributed by atoms with Crippen LogP contribution < -0.4 is 0 Å². The molecule has 4 saturated carbocycles. The van der Waals surface area contributed by atoms with Gasteiger partial charge in [-0.05, 0) is 259 Å². The van der Waals surface area contributed by atoms with E-state index in [4.69, 9.17) is 4.98 Å². The number of nitrogens with zero attached hydrogens (tertiary/aromatic N) is 1. The Hall–Kier alpha value is -8.53. The second-order valence-corrected chi connectivity index (χ2v) is 37.1. The van der Waals surface area contributed by atoms with E-state index in [0.29, 0.717) is 53.3 Å². The lowest BCUT2D eigenvalue weighted by Gasteiger charge is -2.34. The molecule has 6 aliphatic rings. The molecule has 0 amide bonds. The zero-order valence-electron chi connectivity index (χ0n) is 71.8. The minimum Gasteiger partial charge on any atom is -0.289 e. The molecule has 0 aliphatic heterocycles. The first-order chi connectivity index (χ1) is 53.6. The van der Waals surface area contributed by atoms with E-state index in [9.17, 15) is 9.59 Å². The standard InChI is InChI=1S/C30H35N.C29H34.C27H36O.C23H30O/c1-20(2)26-13-9-10-14-27(26)23(5)30-22(4)16-18-29(31-30)25-17-15-21(3)28(19-25)24-11-7-6-8-12-24;1-20(2)27-15-8-9-16-28(27)22(4)29-19-26(17-21(29)3)25-14-10-13-24(18-25)23-11-6-5-7-12-23;1-18(2)22-9-7-8-10-23(22)26(28)24-17-21(15-16-25(24)27(4,5)6)20-13-11-19(3)12-14-20;1-15(2)20-7-5-6-8-21(20)23(24)22-14-19(13-17(22)4)18-11-9-16(3)10-12-18/h6-14,16,18,20-21,25,28H,5,15,17,19H2,1-4H3;5-9,11-12,15-16,19-20,24-25H,4,10,13-14,17-18H2,1-3H3;7-10,15-20H,11-14H2,1-6H3;5-8,14-16,18H,9-13H2,1-4H3. The third-order valence-electron chi connectivity index (χ3n) is 26.4. The van der Waals surface area contributed by atoms with Crippen molar-refractivity contribution in [3.8, 4) is 0 Å². The Morgan fingerprint density at radius 1 is 0.393 bits per heavy atom. The smallest absolute Gasteiger partial charge is 0.193 e. The lowest BCUT2D eigenvalue weighted by molar-refractivity contribution is 0.102. The van der Waals surface area contributed by atoms with E-state index in [1.165, 1.54) is 174 Å². The summed E-state index contributed by atoms with van der Waals surface area (Å²) in [5.74, 6) is 8.34. The van der Waals surface area contributed by atoms with Crippen molar-refractivity contribution in [2.75, 3.05) is 0 Å². The van der Waals surface area contributed by atoms with E-state index in [2.05, 4.69) is 295 Å². The maximum absolute atomic E-state index is 13.7. The molecule has 5 unspecified atom stereocenters. The van der Waals surface area contributed by atoms with Crippen molar-refractivity contribution in [1.29, 1.82) is 0 Å². The molecule has 0 spiro atoms. The Morgan fingerprint density at radius 2 is 0.830 bits per heavy atom. The number of benzene rings is 7. The summed E-state index contributed by atoms with van der Waals surface area (Å²) < 4.78 is 0. The highest BCUT2D eigenvalue weighted by Gasteiger charge is 2.34. The highest BCUT2D eigenvalue weighted by molar-refractivity contribution is 6.13. The fourth-order valence-corrected chi connectivity index (χ4v) is 19.4. The van der Waals surface area contributed by atoms with Gasteiger partial charge in [0, 0.05) is 39.4 Å². The summed E-state index contributed by atoms with van der Waals surface area (Å²) in [4.78, 5) is 32.1. The van der Waals surface area contributed by atoms with Crippen LogP contribution in [-0.2, 0) is 5.41 Å². The van der Waals surface area contributed by atoms with Crippen LogP contribution in [0.25, 0.3) is 11.1 Å². The van der Waals surface area contributed by atoms with Crippen molar-refractivity contribution >= 4 is 22.7 Å². The molecule has 112 heavy (non-hydrogen) atoms. The molecule has 0 radical (unpaired) electrons. The van der Waals surface area contributed by atoms with E-state index >= 15 is 0 Å². The van der Waals surface area contributed by atoms with Gasteiger partial charge >= 0.3 is 0 Å². The summed E-state index contributed by atoms with van der Waals surface area (Å²) in [6, 6.07) is 67.1. The van der Waals surface area contributed by atoms with Gasteiger partial charge in [0.1, 0.15) is 0 Å². The van der Waals surface area contributed by atoms with Crippen LogP contribution in [0.2, 0.25) is 0 Å². The van der Waals surface area contributed by atoms with Crippen LogP contribution in [0.1, 0.15) is 366 Å². The van der Waals surface area contributed by atoms with Gasteiger partial charge in [0.25, 0.3) is 0 Å². The zero-order valence-corrected chi connectivity index (χ0v) is 71.8. The van der Waals surface area contributed by atoms with Gasteiger partial charge in [0.05, 0.1) is 5.69 Å². The molecule has 4 fully saturated rings. The van der Waals surface area contributed by atoms with Crippen molar-refractivity contribution in [2.24, 2.45) is 29.6 Å². The molecule has 5 atom stereocenters. The molecule has 1 heterocycles. The van der Waals surface area contributed by atoms with Crippen LogP contribution in [0.5, 0.6) is 0 Å². The summed E-state index contributed by atoms with van der Waals surface area (Å²) >= 11 is 0.